The second kappa shape index (κ2) is 18.8. The average molecular weight is 808 g/mol. The van der Waals surface area contributed by atoms with Crippen LogP contribution in [0.5, 0.6) is 0 Å². The van der Waals surface area contributed by atoms with Crippen molar-refractivity contribution in [1.29, 1.82) is 0 Å². The van der Waals surface area contributed by atoms with Gasteiger partial charge in [0.25, 0.3) is 0 Å². The highest BCUT2D eigenvalue weighted by Gasteiger charge is 2.54. The van der Waals surface area contributed by atoms with E-state index in [1.807, 2.05) is 0 Å². The molecule has 0 spiro atoms. The minimum atomic E-state index is -1.99. The van der Waals surface area contributed by atoms with Gasteiger partial charge in [-0.05, 0) is 12.5 Å². The molecule has 4 heterocycles. The van der Waals surface area contributed by atoms with E-state index in [-0.39, 0.29) is 5.57 Å². The number of nitrogens with one attached hydrogen (secondary N) is 1. The van der Waals surface area contributed by atoms with Gasteiger partial charge in [0, 0.05) is 0 Å². The predicted octanol–water partition coefficient (Wildman–Crippen LogP) is -10.7. The molecular weight excluding hydrogens is 754 g/mol. The van der Waals surface area contributed by atoms with Crippen molar-refractivity contribution in [2.45, 2.75) is 154 Å². The van der Waals surface area contributed by atoms with Crippen molar-refractivity contribution in [2.75, 3.05) is 26.4 Å². The van der Waals surface area contributed by atoms with Gasteiger partial charge in [0.05, 0.1) is 44.6 Å². The van der Waals surface area contributed by atoms with Crippen LogP contribution in [0.4, 0.5) is 0 Å². The molecule has 4 saturated heterocycles. The molecule has 0 aromatic heterocycles. The summed E-state index contributed by atoms with van der Waals surface area (Å²) in [5, 5.41) is 169. The lowest BCUT2D eigenvalue weighted by molar-refractivity contribution is -0.373. The number of rotatable bonds is 12. The molecule has 0 saturated carbocycles. The summed E-state index contributed by atoms with van der Waals surface area (Å²) in [7, 11) is 0. The summed E-state index contributed by atoms with van der Waals surface area (Å²) in [6.45, 7) is -1.79. The molecule has 55 heavy (non-hydrogen) atoms. The molecule has 320 valence electrons. The molecule has 17 N–H and O–H groups in total. The van der Waals surface area contributed by atoms with Gasteiger partial charge in [-0.1, -0.05) is 6.08 Å². The molecule has 0 bridgehead atoms. The maximum Gasteiger partial charge on any atom is 0.187 e. The second-order valence-electron chi connectivity index (χ2n) is 14.2. The number of aliphatic hydroxyl groups excluding tert-OH is 16. The van der Waals surface area contributed by atoms with Gasteiger partial charge in [-0.2, -0.15) is 0 Å². The van der Waals surface area contributed by atoms with Gasteiger partial charge < -0.3 is 120 Å². The van der Waals surface area contributed by atoms with Crippen molar-refractivity contribution in [1.82, 2.24) is 5.32 Å². The number of aliphatic hydroxyl groups is 16. The minimum Gasteiger partial charge on any atom is -0.394 e. The fraction of sp³-hybridized carbons (Fsp3) is 0.935. The monoisotopic (exact) mass is 807 g/mol. The third kappa shape index (κ3) is 9.03. The first-order chi connectivity index (χ1) is 26.0. The first-order valence-corrected chi connectivity index (χ1v) is 17.6. The first kappa shape index (κ1) is 44.9. The topological polar surface area (TPSA) is 400 Å². The van der Waals surface area contributed by atoms with Gasteiger partial charge >= 0.3 is 0 Å². The number of hydrogen-bond donors (Lipinski definition) is 17. The van der Waals surface area contributed by atoms with Crippen LogP contribution in [0.2, 0.25) is 0 Å². The van der Waals surface area contributed by atoms with E-state index in [9.17, 15) is 81.7 Å². The molecule has 0 amide bonds. The van der Waals surface area contributed by atoms with Gasteiger partial charge in [0.15, 0.2) is 25.2 Å². The van der Waals surface area contributed by atoms with E-state index < -0.39 is 174 Å². The Kier molecular flexibility index (Phi) is 15.3. The highest BCUT2D eigenvalue weighted by molar-refractivity contribution is 5.23. The molecule has 4 aliphatic heterocycles. The molecule has 0 radical (unpaired) electrons. The first-order valence-electron chi connectivity index (χ1n) is 17.6. The highest BCUT2D eigenvalue weighted by atomic mass is 16.8. The van der Waals surface area contributed by atoms with Crippen molar-refractivity contribution in [3.63, 3.8) is 0 Å². The summed E-state index contributed by atoms with van der Waals surface area (Å²) in [6, 6.07) is -2.47. The highest BCUT2D eigenvalue weighted by Crippen LogP contribution is 2.34. The van der Waals surface area contributed by atoms with Crippen LogP contribution in [-0.2, 0) is 33.2 Å². The summed E-state index contributed by atoms with van der Waals surface area (Å²) in [4.78, 5) is 0. The van der Waals surface area contributed by atoms with E-state index in [2.05, 4.69) is 5.32 Å². The van der Waals surface area contributed by atoms with Crippen molar-refractivity contribution in [2.24, 2.45) is 0 Å². The largest absolute Gasteiger partial charge is 0.394 e. The zero-order valence-corrected chi connectivity index (χ0v) is 29.3. The van der Waals surface area contributed by atoms with Crippen molar-refractivity contribution < 1.29 is 115 Å². The van der Waals surface area contributed by atoms with Crippen molar-refractivity contribution in [3.05, 3.63) is 11.6 Å². The van der Waals surface area contributed by atoms with Crippen LogP contribution in [-0.4, -0.2) is 255 Å². The van der Waals surface area contributed by atoms with Crippen LogP contribution in [0.25, 0.3) is 0 Å². The van der Waals surface area contributed by atoms with E-state index in [1.54, 1.807) is 0 Å². The van der Waals surface area contributed by atoms with Gasteiger partial charge in [-0.15, -0.1) is 0 Å². The van der Waals surface area contributed by atoms with Crippen molar-refractivity contribution in [3.8, 4) is 0 Å². The molecule has 5 aliphatic rings. The lowest BCUT2D eigenvalue weighted by Gasteiger charge is -2.49. The maximum absolute atomic E-state index is 11.2. The van der Waals surface area contributed by atoms with E-state index in [4.69, 9.17) is 33.2 Å². The maximum atomic E-state index is 11.2. The van der Waals surface area contributed by atoms with Gasteiger partial charge in [-0.25, -0.2) is 0 Å². The Hall–Kier alpha value is -1.22. The van der Waals surface area contributed by atoms with Crippen LogP contribution >= 0.6 is 0 Å². The van der Waals surface area contributed by atoms with Gasteiger partial charge in [-0.3, -0.25) is 0 Å². The lowest BCUT2D eigenvalue weighted by atomic mass is 9.86. The molecule has 24 atom stereocenters. The van der Waals surface area contributed by atoms with E-state index in [0.717, 1.165) is 0 Å². The molecular formula is C31H53NO23. The van der Waals surface area contributed by atoms with E-state index in [0.29, 0.717) is 0 Å². The Labute approximate surface area is 312 Å². The van der Waals surface area contributed by atoms with Gasteiger partial charge in [0.2, 0.25) is 0 Å². The zero-order chi connectivity index (χ0) is 40.6. The molecule has 9 unspecified atom stereocenters. The summed E-state index contributed by atoms with van der Waals surface area (Å²) >= 11 is 0. The number of ether oxygens (including phenoxy) is 7. The Morgan fingerprint density at radius 3 is 1.58 bits per heavy atom. The normalized spacial score (nSPS) is 52.5. The summed E-state index contributed by atoms with van der Waals surface area (Å²) < 4.78 is 38.5. The standard InChI is InChI=1S/C31H53NO23/c1-7-13(32-9-2-8(3-33)25(18(41)14(9)37)53-30-23(46)17(40)15(38)10(4-34)51-30)16(39)22(45)29(49-7)54-27-12(6-36)52-31(24(47)20(27)43)55-26-11(5-35)50-28(48)21(44)19(26)42/h2,7,9-48H,3-6H2,1H3/t7?,9-,10?,11?,12?,13+,14?,15+,16+,17+,18-,19-,20-,21?,22?,23?,24?,25+,26+,27+,28-,29+,30+,31+/m1/s1. The number of hydrogen-bond acceptors (Lipinski definition) is 24. The SMILES string of the molecule is CC1O[C@@H](O[C@H]2C(CO)O[C@@H](O[C@H]3C(CO)O[C@@H](O)C(O)[C@H]3O)C(O)[C@H]2O)C(O)[C@@H](O)[C@H]1N[C@@H]1C=C(CO)[C@H](O[C@@H]2OC(CO)[C@H](O)[C@H](O)C2O)[C@H](O)C1O. The molecule has 24 heteroatoms. The second-order valence-corrected chi connectivity index (χ2v) is 14.2. The summed E-state index contributed by atoms with van der Waals surface area (Å²) in [5.74, 6) is 0. The molecule has 24 nitrogen and oxygen atoms in total. The molecule has 0 aromatic rings. The molecule has 4 fully saturated rings. The summed E-state index contributed by atoms with van der Waals surface area (Å²) in [6.07, 6.45) is -36.3. The third-order valence-corrected chi connectivity index (χ3v) is 10.6. The van der Waals surface area contributed by atoms with Crippen LogP contribution in [0.1, 0.15) is 6.92 Å². The quantitative estimate of drug-likeness (QED) is 0.0814. The molecule has 1 aliphatic carbocycles. The minimum absolute atomic E-state index is 0.0544. The van der Waals surface area contributed by atoms with Crippen LogP contribution in [0.3, 0.4) is 0 Å². The van der Waals surface area contributed by atoms with Crippen LogP contribution in [0.15, 0.2) is 11.6 Å². The smallest absolute Gasteiger partial charge is 0.187 e. The Morgan fingerprint density at radius 2 is 1.00 bits per heavy atom. The van der Waals surface area contributed by atoms with Crippen molar-refractivity contribution >= 4 is 0 Å². The fourth-order valence-electron chi connectivity index (χ4n) is 7.29. The van der Waals surface area contributed by atoms with E-state index >= 15 is 0 Å². The Balaban J connectivity index is 1.23. The van der Waals surface area contributed by atoms with Gasteiger partial charge in [0.1, 0.15) is 104 Å². The lowest BCUT2D eigenvalue weighted by Crippen LogP contribution is -2.68. The third-order valence-electron chi connectivity index (χ3n) is 10.6. The van der Waals surface area contributed by atoms with E-state index in [1.165, 1.54) is 13.0 Å². The molecule has 0 aromatic carbocycles. The summed E-state index contributed by atoms with van der Waals surface area (Å²) in [5.41, 5.74) is -0.0544. The predicted molar refractivity (Wildman–Crippen MR) is 170 cm³/mol. The zero-order valence-electron chi connectivity index (χ0n) is 29.3. The van der Waals surface area contributed by atoms with Crippen LogP contribution < -0.4 is 5.32 Å². The Bertz CT molecular complexity index is 1250. The fourth-order valence-corrected chi connectivity index (χ4v) is 7.29. The Morgan fingerprint density at radius 1 is 0.509 bits per heavy atom. The molecule has 5 rings (SSSR count). The average Bonchev–Trinajstić information content (AvgIpc) is 3.17. The van der Waals surface area contributed by atoms with Crippen LogP contribution in [0, 0.1) is 0 Å².